The summed E-state index contributed by atoms with van der Waals surface area (Å²) in [6.07, 6.45) is 2.53. The summed E-state index contributed by atoms with van der Waals surface area (Å²) >= 11 is 3.65. The topological polar surface area (TPSA) is 15.3 Å². The van der Waals surface area contributed by atoms with Gasteiger partial charge >= 0.3 is 0 Å². The Morgan fingerprint density at radius 3 is 2.83 bits per heavy atom. The standard InChI is InChI=1S/C15H23BrN2/c1-12-7-9-18(11-12)10-8-15(17-2)13-5-3-4-6-14(13)16/h3-6,12,15,17H,7-11H2,1-2H3. The van der Waals surface area contributed by atoms with Crippen LogP contribution in [-0.4, -0.2) is 31.6 Å². The predicted molar refractivity (Wildman–Crippen MR) is 80.8 cm³/mol. The largest absolute Gasteiger partial charge is 0.313 e. The van der Waals surface area contributed by atoms with Crippen molar-refractivity contribution in [2.24, 2.45) is 5.92 Å². The van der Waals surface area contributed by atoms with Crippen LogP contribution in [0.4, 0.5) is 0 Å². The molecule has 0 amide bonds. The summed E-state index contributed by atoms with van der Waals surface area (Å²) in [7, 11) is 2.05. The first-order chi connectivity index (χ1) is 8.70. The fraction of sp³-hybridized carbons (Fsp3) is 0.600. The molecule has 2 atom stereocenters. The molecule has 1 aromatic rings. The third-order valence-electron chi connectivity index (χ3n) is 3.87. The Morgan fingerprint density at radius 2 is 2.22 bits per heavy atom. The van der Waals surface area contributed by atoms with Crippen molar-refractivity contribution < 1.29 is 0 Å². The maximum absolute atomic E-state index is 3.65. The summed E-state index contributed by atoms with van der Waals surface area (Å²) in [6.45, 7) is 6.08. The molecule has 18 heavy (non-hydrogen) atoms. The van der Waals surface area contributed by atoms with Gasteiger partial charge in [-0.15, -0.1) is 0 Å². The molecule has 0 aromatic heterocycles. The van der Waals surface area contributed by atoms with Crippen LogP contribution in [0.3, 0.4) is 0 Å². The third kappa shape index (κ3) is 3.56. The van der Waals surface area contributed by atoms with E-state index >= 15 is 0 Å². The maximum Gasteiger partial charge on any atom is 0.0340 e. The van der Waals surface area contributed by atoms with Crippen LogP contribution < -0.4 is 5.32 Å². The van der Waals surface area contributed by atoms with Gasteiger partial charge in [0.1, 0.15) is 0 Å². The van der Waals surface area contributed by atoms with E-state index in [1.54, 1.807) is 0 Å². The van der Waals surface area contributed by atoms with Crippen LogP contribution >= 0.6 is 15.9 Å². The molecule has 0 aliphatic carbocycles. The molecule has 0 radical (unpaired) electrons. The van der Waals surface area contributed by atoms with Gasteiger partial charge in [-0.2, -0.15) is 0 Å². The first-order valence-electron chi connectivity index (χ1n) is 6.84. The lowest BCUT2D eigenvalue weighted by Crippen LogP contribution is -2.26. The summed E-state index contributed by atoms with van der Waals surface area (Å²) < 4.78 is 1.21. The minimum atomic E-state index is 0.441. The van der Waals surface area contributed by atoms with Crippen LogP contribution in [0.1, 0.15) is 31.4 Å². The Morgan fingerprint density at radius 1 is 1.44 bits per heavy atom. The van der Waals surface area contributed by atoms with Crippen molar-refractivity contribution in [2.75, 3.05) is 26.7 Å². The summed E-state index contributed by atoms with van der Waals surface area (Å²) in [6, 6.07) is 8.96. The second-order valence-corrected chi connectivity index (χ2v) is 6.20. The molecule has 1 aliphatic rings. The van der Waals surface area contributed by atoms with Crippen LogP contribution in [0.25, 0.3) is 0 Å². The van der Waals surface area contributed by atoms with Crippen molar-refractivity contribution in [1.82, 2.24) is 10.2 Å². The molecular formula is C15H23BrN2. The second-order valence-electron chi connectivity index (χ2n) is 5.35. The van der Waals surface area contributed by atoms with Crippen LogP contribution in [0.5, 0.6) is 0 Å². The number of nitrogens with one attached hydrogen (secondary N) is 1. The molecule has 1 fully saturated rings. The molecule has 0 bridgehead atoms. The Balaban J connectivity index is 1.92. The molecule has 0 saturated carbocycles. The van der Waals surface area contributed by atoms with Gasteiger partial charge in [0.2, 0.25) is 0 Å². The van der Waals surface area contributed by atoms with Crippen LogP contribution in [-0.2, 0) is 0 Å². The van der Waals surface area contributed by atoms with E-state index in [-0.39, 0.29) is 0 Å². The van der Waals surface area contributed by atoms with Gasteiger partial charge in [0.15, 0.2) is 0 Å². The van der Waals surface area contributed by atoms with Crippen LogP contribution in [0.15, 0.2) is 28.7 Å². The fourth-order valence-electron chi connectivity index (χ4n) is 2.75. The van der Waals surface area contributed by atoms with Gasteiger partial charge in [-0.05, 0) is 50.5 Å². The minimum Gasteiger partial charge on any atom is -0.313 e. The average molecular weight is 311 g/mol. The average Bonchev–Trinajstić information content (AvgIpc) is 2.78. The van der Waals surface area contributed by atoms with E-state index in [4.69, 9.17) is 0 Å². The summed E-state index contributed by atoms with van der Waals surface area (Å²) in [5.41, 5.74) is 1.37. The van der Waals surface area contributed by atoms with Crippen molar-refractivity contribution in [3.05, 3.63) is 34.3 Å². The third-order valence-corrected chi connectivity index (χ3v) is 4.59. The number of likely N-dealkylation sites (tertiary alicyclic amines) is 1. The van der Waals surface area contributed by atoms with Crippen molar-refractivity contribution in [1.29, 1.82) is 0 Å². The van der Waals surface area contributed by atoms with Gasteiger partial charge in [0.05, 0.1) is 0 Å². The number of hydrogen-bond acceptors (Lipinski definition) is 2. The highest BCUT2D eigenvalue weighted by Crippen LogP contribution is 2.26. The molecule has 1 aromatic carbocycles. The quantitative estimate of drug-likeness (QED) is 0.896. The van der Waals surface area contributed by atoms with Gasteiger partial charge < -0.3 is 10.2 Å². The van der Waals surface area contributed by atoms with Crippen LogP contribution in [0.2, 0.25) is 0 Å². The van der Waals surface area contributed by atoms with Gasteiger partial charge in [-0.3, -0.25) is 0 Å². The van der Waals surface area contributed by atoms with Crippen molar-refractivity contribution in [2.45, 2.75) is 25.8 Å². The van der Waals surface area contributed by atoms with Crippen molar-refractivity contribution in [3.63, 3.8) is 0 Å². The number of nitrogens with zero attached hydrogens (tertiary/aromatic N) is 1. The molecule has 2 unspecified atom stereocenters. The first kappa shape index (κ1) is 14.0. The normalized spacial score (nSPS) is 22.3. The molecule has 1 N–H and O–H groups in total. The Kier molecular flexibility index (Phi) is 5.22. The fourth-order valence-corrected chi connectivity index (χ4v) is 3.32. The monoisotopic (exact) mass is 310 g/mol. The van der Waals surface area contributed by atoms with Crippen molar-refractivity contribution in [3.8, 4) is 0 Å². The Hall–Kier alpha value is -0.380. The highest BCUT2D eigenvalue weighted by molar-refractivity contribution is 9.10. The molecule has 1 aliphatic heterocycles. The molecule has 100 valence electrons. The van der Waals surface area contributed by atoms with E-state index in [0.29, 0.717) is 6.04 Å². The van der Waals surface area contributed by atoms with Gasteiger partial charge in [-0.1, -0.05) is 41.1 Å². The zero-order valence-corrected chi connectivity index (χ0v) is 12.9. The smallest absolute Gasteiger partial charge is 0.0340 e. The van der Waals surface area contributed by atoms with E-state index in [9.17, 15) is 0 Å². The lowest BCUT2D eigenvalue weighted by Gasteiger charge is -2.22. The second kappa shape index (κ2) is 6.69. The summed E-state index contributed by atoms with van der Waals surface area (Å²) in [5.74, 6) is 0.876. The Labute approximate surface area is 119 Å². The Bertz CT molecular complexity index is 381. The molecule has 1 saturated heterocycles. The van der Waals surface area contributed by atoms with E-state index in [2.05, 4.69) is 64.4 Å². The van der Waals surface area contributed by atoms with E-state index in [1.807, 2.05) is 0 Å². The summed E-state index contributed by atoms with van der Waals surface area (Å²) in [5, 5.41) is 3.44. The van der Waals surface area contributed by atoms with E-state index in [0.717, 1.165) is 5.92 Å². The summed E-state index contributed by atoms with van der Waals surface area (Å²) in [4.78, 5) is 2.59. The lowest BCUT2D eigenvalue weighted by molar-refractivity contribution is 0.305. The molecule has 1 heterocycles. The number of halogens is 1. The molecular weight excluding hydrogens is 288 g/mol. The predicted octanol–water partition coefficient (Wildman–Crippen LogP) is 3.44. The number of hydrogen-bond donors (Lipinski definition) is 1. The SMILES string of the molecule is CNC(CCN1CCC(C)C1)c1ccccc1Br. The molecule has 0 spiro atoms. The first-order valence-corrected chi connectivity index (χ1v) is 7.64. The van der Waals surface area contributed by atoms with Crippen molar-refractivity contribution >= 4 is 15.9 Å². The number of rotatable bonds is 5. The molecule has 2 nitrogen and oxygen atoms in total. The number of benzene rings is 1. The minimum absolute atomic E-state index is 0.441. The van der Waals surface area contributed by atoms with Gasteiger partial charge in [-0.25, -0.2) is 0 Å². The van der Waals surface area contributed by atoms with Gasteiger partial charge in [0, 0.05) is 17.1 Å². The zero-order chi connectivity index (χ0) is 13.0. The van der Waals surface area contributed by atoms with Crippen LogP contribution in [0, 0.1) is 5.92 Å². The highest BCUT2D eigenvalue weighted by Gasteiger charge is 2.20. The van der Waals surface area contributed by atoms with E-state index < -0.39 is 0 Å². The zero-order valence-electron chi connectivity index (χ0n) is 11.3. The highest BCUT2D eigenvalue weighted by atomic mass is 79.9. The molecule has 3 heteroatoms. The molecule has 2 rings (SSSR count). The maximum atomic E-state index is 3.65. The lowest BCUT2D eigenvalue weighted by atomic mass is 10.0. The van der Waals surface area contributed by atoms with E-state index in [1.165, 1.54) is 42.5 Å². The van der Waals surface area contributed by atoms with Gasteiger partial charge in [0.25, 0.3) is 0 Å².